The lowest BCUT2D eigenvalue weighted by Gasteiger charge is -2.58. The van der Waals surface area contributed by atoms with Crippen LogP contribution in [0.15, 0.2) is 23.8 Å². The van der Waals surface area contributed by atoms with Gasteiger partial charge in [-0.3, -0.25) is 4.79 Å². The fraction of sp³-hybridized carbons (Fsp3) is 0.853. The van der Waals surface area contributed by atoms with Crippen LogP contribution >= 0.6 is 0 Å². The third kappa shape index (κ3) is 5.26. The molecule has 0 saturated heterocycles. The molecule has 0 heterocycles. The van der Waals surface area contributed by atoms with Crippen LogP contribution in [-0.4, -0.2) is 12.1 Å². The highest BCUT2D eigenvalue weighted by molar-refractivity contribution is 5.69. The molecule has 0 aromatic heterocycles. The zero-order valence-corrected chi connectivity index (χ0v) is 24.7. The Kier molecular flexibility index (Phi) is 8.83. The van der Waals surface area contributed by atoms with Gasteiger partial charge in [0.25, 0.3) is 0 Å². The summed E-state index contributed by atoms with van der Waals surface area (Å²) in [6.07, 6.45) is 21.9. The molecule has 2 nitrogen and oxygen atoms in total. The summed E-state index contributed by atoms with van der Waals surface area (Å²) in [5.41, 5.74) is 2.45. The lowest BCUT2D eigenvalue weighted by atomic mass is 9.47. The SMILES string of the molecule is CCCCC(=O)O[C@H]1CC[C@@]2(C)C(=CC[C@H]3[C@@H]4CC[C@H]([C@H](C)/C=C/[C@@H](CC)C(C)C)[C@@]4(C)CC[C@@H]32)C1. The van der Waals surface area contributed by atoms with Gasteiger partial charge < -0.3 is 4.74 Å². The number of esters is 1. The molecule has 4 aliphatic rings. The molecule has 3 fully saturated rings. The number of carbonyl (C=O) groups excluding carboxylic acids is 1. The van der Waals surface area contributed by atoms with Crippen molar-refractivity contribution in [1.82, 2.24) is 0 Å². The van der Waals surface area contributed by atoms with Crippen molar-refractivity contribution < 1.29 is 9.53 Å². The van der Waals surface area contributed by atoms with Crippen molar-refractivity contribution in [2.45, 2.75) is 132 Å². The molecule has 0 amide bonds. The van der Waals surface area contributed by atoms with Crippen LogP contribution in [0, 0.1) is 52.3 Å². The molecule has 204 valence electrons. The summed E-state index contributed by atoms with van der Waals surface area (Å²) in [6.45, 7) is 17.0. The second kappa shape index (κ2) is 11.4. The van der Waals surface area contributed by atoms with Gasteiger partial charge in [-0.05, 0) is 110 Å². The van der Waals surface area contributed by atoms with Crippen molar-refractivity contribution in [2.75, 3.05) is 0 Å². The summed E-state index contributed by atoms with van der Waals surface area (Å²) in [5, 5.41) is 0. The van der Waals surface area contributed by atoms with Crippen molar-refractivity contribution >= 4 is 5.97 Å². The van der Waals surface area contributed by atoms with Crippen LogP contribution in [0.1, 0.15) is 126 Å². The zero-order valence-electron chi connectivity index (χ0n) is 24.7. The summed E-state index contributed by atoms with van der Waals surface area (Å²) in [5.74, 6) is 5.54. The minimum atomic E-state index is 0.0204. The van der Waals surface area contributed by atoms with E-state index < -0.39 is 0 Å². The van der Waals surface area contributed by atoms with E-state index in [1.54, 1.807) is 5.57 Å². The summed E-state index contributed by atoms with van der Waals surface area (Å²) >= 11 is 0. The Morgan fingerprint density at radius 3 is 2.53 bits per heavy atom. The maximum absolute atomic E-state index is 12.3. The normalized spacial score (nSPS) is 39.8. The standard InChI is InChI=1S/C34H56O2/c1-8-10-11-32(35)36-27-18-20-33(6)26(22-27)14-15-28-30-17-16-29(34(30,7)21-19-31(28)33)24(5)12-13-25(9-2)23(3)4/h12-14,23-25,27-31H,8-11,15-22H2,1-7H3/b13-12+/t24-,25-,27+,28+,29-,30+,31+,33+,34-/m1/s1. The highest BCUT2D eigenvalue weighted by Crippen LogP contribution is 2.67. The Morgan fingerprint density at radius 2 is 1.83 bits per heavy atom. The fourth-order valence-corrected chi connectivity index (χ4v) is 9.48. The van der Waals surface area contributed by atoms with E-state index in [2.05, 4.69) is 66.7 Å². The molecule has 2 heteroatoms. The first-order chi connectivity index (χ1) is 17.1. The molecular formula is C34H56O2. The first-order valence-corrected chi connectivity index (χ1v) is 15.7. The van der Waals surface area contributed by atoms with E-state index in [9.17, 15) is 4.79 Å². The third-order valence-corrected chi connectivity index (χ3v) is 11.8. The number of fused-ring (bicyclic) bond motifs is 5. The maximum atomic E-state index is 12.3. The van der Waals surface area contributed by atoms with Crippen LogP contribution in [-0.2, 0) is 9.53 Å². The minimum absolute atomic E-state index is 0.0204. The van der Waals surface area contributed by atoms with Gasteiger partial charge in [0.05, 0.1) is 0 Å². The number of rotatable bonds is 9. The van der Waals surface area contributed by atoms with Crippen molar-refractivity contribution in [3.05, 3.63) is 23.8 Å². The average molecular weight is 497 g/mol. The molecule has 4 rings (SSSR count). The molecule has 9 atom stereocenters. The number of ether oxygens (including phenoxy) is 1. The van der Waals surface area contributed by atoms with Crippen molar-refractivity contribution in [1.29, 1.82) is 0 Å². The van der Waals surface area contributed by atoms with Gasteiger partial charge >= 0.3 is 5.97 Å². The van der Waals surface area contributed by atoms with Gasteiger partial charge in [0, 0.05) is 12.8 Å². The van der Waals surface area contributed by atoms with Crippen molar-refractivity contribution in [3.63, 3.8) is 0 Å². The first-order valence-electron chi connectivity index (χ1n) is 15.7. The molecule has 0 aromatic carbocycles. The summed E-state index contributed by atoms with van der Waals surface area (Å²) in [6, 6.07) is 0. The Hall–Kier alpha value is -1.05. The topological polar surface area (TPSA) is 26.3 Å². The highest BCUT2D eigenvalue weighted by Gasteiger charge is 2.59. The Morgan fingerprint density at radius 1 is 1.06 bits per heavy atom. The van der Waals surface area contributed by atoms with Gasteiger partial charge in [-0.2, -0.15) is 0 Å². The molecule has 0 bridgehead atoms. The second-order valence-electron chi connectivity index (χ2n) is 14.0. The Balaban J connectivity index is 1.44. The Bertz CT molecular complexity index is 823. The molecule has 0 N–H and O–H groups in total. The predicted octanol–water partition coefficient (Wildman–Crippen LogP) is 9.54. The summed E-state index contributed by atoms with van der Waals surface area (Å²) in [4.78, 5) is 12.3. The lowest BCUT2D eigenvalue weighted by Crippen LogP contribution is -2.51. The third-order valence-electron chi connectivity index (χ3n) is 11.8. The van der Waals surface area contributed by atoms with Crippen molar-refractivity contribution in [2.24, 2.45) is 52.3 Å². The molecule has 0 aliphatic heterocycles. The van der Waals surface area contributed by atoms with Crippen LogP contribution in [0.5, 0.6) is 0 Å². The van der Waals surface area contributed by atoms with Gasteiger partial charge in [0.1, 0.15) is 6.10 Å². The molecule has 3 saturated carbocycles. The molecule has 0 aromatic rings. The number of hydrogen-bond donors (Lipinski definition) is 0. The highest BCUT2D eigenvalue weighted by atomic mass is 16.5. The van der Waals surface area contributed by atoms with E-state index >= 15 is 0 Å². The van der Waals surface area contributed by atoms with Crippen LogP contribution in [0.2, 0.25) is 0 Å². The number of unbranched alkanes of at least 4 members (excludes halogenated alkanes) is 1. The first kappa shape index (κ1) is 28.0. The number of carbonyl (C=O) groups is 1. The Labute approximate surface area is 223 Å². The van der Waals surface area contributed by atoms with Gasteiger partial charge in [-0.1, -0.05) is 78.7 Å². The van der Waals surface area contributed by atoms with E-state index in [1.165, 1.54) is 44.9 Å². The van der Waals surface area contributed by atoms with Crippen molar-refractivity contribution in [3.8, 4) is 0 Å². The predicted molar refractivity (Wildman–Crippen MR) is 152 cm³/mol. The average Bonchev–Trinajstić information content (AvgIpc) is 3.20. The molecule has 4 aliphatic carbocycles. The van der Waals surface area contributed by atoms with Crippen LogP contribution in [0.4, 0.5) is 0 Å². The van der Waals surface area contributed by atoms with E-state index in [0.717, 1.165) is 61.2 Å². The van der Waals surface area contributed by atoms with E-state index in [1.807, 2.05) is 0 Å². The summed E-state index contributed by atoms with van der Waals surface area (Å²) < 4.78 is 5.93. The fourth-order valence-electron chi connectivity index (χ4n) is 9.48. The molecule has 36 heavy (non-hydrogen) atoms. The lowest BCUT2D eigenvalue weighted by molar-refractivity contribution is -0.151. The molecular weight excluding hydrogens is 440 g/mol. The molecule has 0 radical (unpaired) electrons. The second-order valence-corrected chi connectivity index (χ2v) is 14.0. The summed E-state index contributed by atoms with van der Waals surface area (Å²) in [7, 11) is 0. The van der Waals surface area contributed by atoms with Crippen LogP contribution < -0.4 is 0 Å². The zero-order chi connectivity index (χ0) is 26.1. The van der Waals surface area contributed by atoms with E-state index in [-0.39, 0.29) is 12.1 Å². The quantitative estimate of drug-likeness (QED) is 0.235. The molecule has 0 spiro atoms. The number of hydrogen-bond acceptors (Lipinski definition) is 2. The van der Waals surface area contributed by atoms with Gasteiger partial charge in [0.2, 0.25) is 0 Å². The largest absolute Gasteiger partial charge is 0.462 e. The molecule has 0 unspecified atom stereocenters. The van der Waals surface area contributed by atoms with Crippen LogP contribution in [0.3, 0.4) is 0 Å². The van der Waals surface area contributed by atoms with Gasteiger partial charge in [-0.25, -0.2) is 0 Å². The minimum Gasteiger partial charge on any atom is -0.462 e. The smallest absolute Gasteiger partial charge is 0.306 e. The monoisotopic (exact) mass is 496 g/mol. The number of allylic oxidation sites excluding steroid dienone is 3. The van der Waals surface area contributed by atoms with Crippen LogP contribution in [0.25, 0.3) is 0 Å². The van der Waals surface area contributed by atoms with E-state index in [4.69, 9.17) is 4.74 Å². The van der Waals surface area contributed by atoms with Gasteiger partial charge in [0.15, 0.2) is 0 Å². The maximum Gasteiger partial charge on any atom is 0.306 e. The van der Waals surface area contributed by atoms with E-state index in [0.29, 0.717) is 23.2 Å². The van der Waals surface area contributed by atoms with Gasteiger partial charge in [-0.15, -0.1) is 0 Å².